The molecule has 0 saturated carbocycles. The van der Waals surface area contributed by atoms with Crippen molar-refractivity contribution in [1.82, 2.24) is 4.98 Å². The fourth-order valence-electron chi connectivity index (χ4n) is 0.922. The highest BCUT2D eigenvalue weighted by molar-refractivity contribution is 7.07. The van der Waals surface area contributed by atoms with Crippen LogP contribution >= 0.6 is 11.3 Å². The van der Waals surface area contributed by atoms with Gasteiger partial charge in [0.15, 0.2) is 0 Å². The van der Waals surface area contributed by atoms with Gasteiger partial charge in [-0.1, -0.05) is 6.07 Å². The zero-order valence-electron chi connectivity index (χ0n) is 6.93. The van der Waals surface area contributed by atoms with Gasteiger partial charge in [0.2, 0.25) is 5.88 Å². The van der Waals surface area contributed by atoms with Crippen LogP contribution in [0.25, 0.3) is 0 Å². The first-order valence-corrected chi connectivity index (χ1v) is 4.81. The van der Waals surface area contributed by atoms with Gasteiger partial charge >= 0.3 is 0 Å². The fraction of sp³-hybridized carbons (Fsp3) is 0.100. The van der Waals surface area contributed by atoms with E-state index in [1.165, 1.54) is 0 Å². The molecule has 0 aromatic carbocycles. The minimum absolute atomic E-state index is 0.542. The van der Waals surface area contributed by atoms with E-state index in [1.807, 2.05) is 29.6 Å². The number of rotatable bonds is 3. The average Bonchev–Trinajstić information content (AvgIpc) is 2.69. The Morgan fingerprint density at radius 2 is 2.38 bits per heavy atom. The molecule has 0 spiro atoms. The van der Waals surface area contributed by atoms with Crippen LogP contribution in [0.3, 0.4) is 0 Å². The van der Waals surface area contributed by atoms with Crippen molar-refractivity contribution < 1.29 is 4.74 Å². The van der Waals surface area contributed by atoms with Crippen molar-refractivity contribution in [2.75, 3.05) is 0 Å². The van der Waals surface area contributed by atoms with Gasteiger partial charge in [-0.05, 0) is 17.5 Å². The molecular weight excluding hydrogens is 182 g/mol. The normalized spacial score (nSPS) is 9.85. The largest absolute Gasteiger partial charge is 0.473 e. The monoisotopic (exact) mass is 190 g/mol. The van der Waals surface area contributed by atoms with Crippen molar-refractivity contribution in [2.24, 2.45) is 0 Å². The minimum atomic E-state index is 0.542. The smallest absolute Gasteiger partial charge is 0.213 e. The molecule has 2 rings (SSSR count). The van der Waals surface area contributed by atoms with Gasteiger partial charge in [0.05, 0.1) is 5.38 Å². The van der Waals surface area contributed by atoms with Crippen molar-refractivity contribution >= 4 is 11.3 Å². The highest BCUT2D eigenvalue weighted by Crippen LogP contribution is 2.09. The van der Waals surface area contributed by atoms with Gasteiger partial charge in [-0.2, -0.15) is 0 Å². The second kappa shape index (κ2) is 4.05. The molecule has 0 unspecified atom stereocenters. The van der Waals surface area contributed by atoms with E-state index in [4.69, 9.17) is 4.74 Å². The van der Waals surface area contributed by atoms with E-state index in [-0.39, 0.29) is 0 Å². The molecule has 2 nitrogen and oxygen atoms in total. The minimum Gasteiger partial charge on any atom is -0.473 e. The van der Waals surface area contributed by atoms with E-state index in [0.717, 1.165) is 5.56 Å². The number of hydrogen-bond acceptors (Lipinski definition) is 3. The lowest BCUT2D eigenvalue weighted by molar-refractivity contribution is 0.294. The number of hydrogen-bond donors (Lipinski definition) is 0. The second-order valence-electron chi connectivity index (χ2n) is 2.50. The van der Waals surface area contributed by atoms with E-state index < -0.39 is 0 Å². The first kappa shape index (κ1) is 8.26. The summed E-state index contributed by atoms with van der Waals surface area (Å²) < 4.78 is 5.41. The lowest BCUT2D eigenvalue weighted by Gasteiger charge is -2.01. The van der Waals surface area contributed by atoms with Crippen molar-refractivity contribution in [2.45, 2.75) is 6.61 Å². The quantitative estimate of drug-likeness (QED) is 0.742. The molecule has 2 aromatic heterocycles. The number of pyridine rings is 1. The summed E-state index contributed by atoms with van der Waals surface area (Å²) >= 11 is 1.55. The van der Waals surface area contributed by atoms with Gasteiger partial charge in [0, 0.05) is 17.8 Å². The summed E-state index contributed by atoms with van der Waals surface area (Å²) in [5, 5.41) is 5.08. The van der Waals surface area contributed by atoms with Gasteiger partial charge in [-0.25, -0.2) is 4.98 Å². The van der Waals surface area contributed by atoms with Crippen LogP contribution in [0.5, 0.6) is 5.88 Å². The molecule has 3 heteroatoms. The SMILES string of the molecule is [c]1sccc1COc1ccccn1. The molecule has 0 aliphatic carbocycles. The zero-order valence-corrected chi connectivity index (χ0v) is 7.75. The Hall–Kier alpha value is -1.35. The van der Waals surface area contributed by atoms with Crippen LogP contribution in [0.15, 0.2) is 35.8 Å². The van der Waals surface area contributed by atoms with Gasteiger partial charge in [0.1, 0.15) is 6.61 Å². The molecule has 1 radical (unpaired) electrons. The molecule has 0 aliphatic rings. The Kier molecular flexibility index (Phi) is 2.57. The third-order valence-electron chi connectivity index (χ3n) is 1.54. The molecule has 0 atom stereocenters. The lowest BCUT2D eigenvalue weighted by Crippen LogP contribution is -1.94. The molecule has 65 valence electrons. The van der Waals surface area contributed by atoms with Gasteiger partial charge < -0.3 is 4.74 Å². The van der Waals surface area contributed by atoms with Crippen LogP contribution in [0.2, 0.25) is 0 Å². The summed E-state index contributed by atoms with van der Waals surface area (Å²) in [6.07, 6.45) is 1.71. The van der Waals surface area contributed by atoms with Crippen LogP contribution in [0.1, 0.15) is 5.56 Å². The predicted molar refractivity (Wildman–Crippen MR) is 51.7 cm³/mol. The number of nitrogens with zero attached hydrogens (tertiary/aromatic N) is 1. The van der Waals surface area contributed by atoms with E-state index >= 15 is 0 Å². The summed E-state index contributed by atoms with van der Waals surface area (Å²) in [6, 6.07) is 7.60. The van der Waals surface area contributed by atoms with Gasteiger partial charge in [-0.3, -0.25) is 0 Å². The Morgan fingerprint density at radius 3 is 3.08 bits per heavy atom. The molecule has 0 fully saturated rings. The summed E-state index contributed by atoms with van der Waals surface area (Å²) in [5.74, 6) is 0.655. The van der Waals surface area contributed by atoms with Gasteiger partial charge in [0.25, 0.3) is 0 Å². The molecule has 0 aliphatic heterocycles. The van der Waals surface area contributed by atoms with E-state index in [0.29, 0.717) is 12.5 Å². The molecule has 0 bridgehead atoms. The Morgan fingerprint density at radius 1 is 1.38 bits per heavy atom. The zero-order chi connectivity index (χ0) is 8.93. The third kappa shape index (κ3) is 2.29. The van der Waals surface area contributed by atoms with Crippen LogP contribution in [0.4, 0.5) is 0 Å². The highest BCUT2D eigenvalue weighted by Gasteiger charge is 1.95. The van der Waals surface area contributed by atoms with Crippen molar-refractivity contribution in [3.63, 3.8) is 0 Å². The number of ether oxygens (including phenoxy) is 1. The van der Waals surface area contributed by atoms with Crippen LogP contribution in [-0.4, -0.2) is 4.98 Å². The van der Waals surface area contributed by atoms with Crippen LogP contribution in [-0.2, 0) is 6.61 Å². The Bertz CT molecular complexity index is 344. The maximum atomic E-state index is 5.41. The maximum absolute atomic E-state index is 5.41. The Balaban J connectivity index is 1.94. The second-order valence-corrected chi connectivity index (χ2v) is 3.22. The molecule has 13 heavy (non-hydrogen) atoms. The average molecular weight is 190 g/mol. The standard InChI is InChI=1S/C10H8NOS/c1-2-5-11-10(3-1)12-7-9-4-6-13-8-9/h1-6H,7H2. The van der Waals surface area contributed by atoms with Crippen LogP contribution in [0, 0.1) is 5.38 Å². The fourth-order valence-corrected chi connectivity index (χ4v) is 1.50. The molecule has 0 amide bonds. The molecule has 2 aromatic rings. The number of thiophene rings is 1. The van der Waals surface area contributed by atoms with Crippen molar-refractivity contribution in [1.29, 1.82) is 0 Å². The Labute approximate surface area is 80.8 Å². The van der Waals surface area contributed by atoms with E-state index in [9.17, 15) is 0 Å². The first-order chi connectivity index (χ1) is 6.45. The topological polar surface area (TPSA) is 22.1 Å². The summed E-state index contributed by atoms with van der Waals surface area (Å²) in [5.41, 5.74) is 1.07. The summed E-state index contributed by atoms with van der Waals surface area (Å²) in [6.45, 7) is 0.542. The summed E-state index contributed by atoms with van der Waals surface area (Å²) in [7, 11) is 0. The number of aromatic nitrogens is 1. The van der Waals surface area contributed by atoms with E-state index in [1.54, 1.807) is 17.5 Å². The highest BCUT2D eigenvalue weighted by atomic mass is 32.1. The van der Waals surface area contributed by atoms with Gasteiger partial charge in [-0.15, -0.1) is 11.3 Å². The molecule has 2 heterocycles. The van der Waals surface area contributed by atoms with Crippen LogP contribution < -0.4 is 4.74 Å². The third-order valence-corrected chi connectivity index (χ3v) is 2.19. The predicted octanol–water partition coefficient (Wildman–Crippen LogP) is 2.52. The first-order valence-electron chi connectivity index (χ1n) is 3.93. The molecule has 0 saturated heterocycles. The lowest BCUT2D eigenvalue weighted by atomic mass is 10.4. The van der Waals surface area contributed by atoms with Crippen molar-refractivity contribution in [3.05, 3.63) is 46.8 Å². The molecule has 0 N–H and O–H groups in total. The maximum Gasteiger partial charge on any atom is 0.213 e. The van der Waals surface area contributed by atoms with Crippen molar-refractivity contribution in [3.8, 4) is 5.88 Å². The molecular formula is C10H8NOS. The summed E-state index contributed by atoms with van der Waals surface area (Å²) in [4.78, 5) is 4.05. The van der Waals surface area contributed by atoms with E-state index in [2.05, 4.69) is 10.4 Å².